The SMILES string of the molecule is Cl.Cl.O=C(O)c1ccc2cc(O)c(C(=O)O)cc2c1. The summed E-state index contributed by atoms with van der Waals surface area (Å²) in [6.07, 6.45) is 0. The zero-order valence-corrected chi connectivity index (χ0v) is 11.0. The van der Waals surface area contributed by atoms with E-state index in [4.69, 9.17) is 10.2 Å². The summed E-state index contributed by atoms with van der Waals surface area (Å²) in [7, 11) is 0. The first-order valence-electron chi connectivity index (χ1n) is 4.72. The summed E-state index contributed by atoms with van der Waals surface area (Å²) in [5.74, 6) is -2.69. The van der Waals surface area contributed by atoms with E-state index in [1.165, 1.54) is 30.3 Å². The van der Waals surface area contributed by atoms with Crippen LogP contribution < -0.4 is 0 Å². The Morgan fingerprint density at radius 2 is 1.47 bits per heavy atom. The molecule has 0 saturated carbocycles. The molecule has 0 aromatic heterocycles. The standard InChI is InChI=1S/C12H8O5.2ClH/c13-10-5-6-1-2-7(11(14)15)3-8(6)4-9(10)12(16)17;;/h1-5,13H,(H,14,15)(H,16,17);2*1H. The maximum Gasteiger partial charge on any atom is 0.339 e. The largest absolute Gasteiger partial charge is 0.507 e. The van der Waals surface area contributed by atoms with E-state index in [0.29, 0.717) is 10.8 Å². The van der Waals surface area contributed by atoms with Gasteiger partial charge in [0.25, 0.3) is 0 Å². The van der Waals surface area contributed by atoms with E-state index in [9.17, 15) is 14.7 Å². The predicted molar refractivity (Wildman–Crippen MR) is 74.0 cm³/mol. The lowest BCUT2D eigenvalue weighted by Crippen LogP contribution is -1.98. The molecule has 0 fully saturated rings. The van der Waals surface area contributed by atoms with E-state index in [1.807, 2.05) is 0 Å². The second-order valence-electron chi connectivity index (χ2n) is 3.54. The van der Waals surface area contributed by atoms with Crippen LogP contribution in [0.5, 0.6) is 5.75 Å². The fourth-order valence-corrected chi connectivity index (χ4v) is 1.59. The summed E-state index contributed by atoms with van der Waals surface area (Å²) in [5, 5.41) is 28.1. The minimum atomic E-state index is -1.26. The summed E-state index contributed by atoms with van der Waals surface area (Å²) in [4.78, 5) is 21.6. The minimum absolute atomic E-state index is 0. The van der Waals surface area contributed by atoms with Gasteiger partial charge in [0.1, 0.15) is 11.3 Å². The van der Waals surface area contributed by atoms with Gasteiger partial charge in [-0.1, -0.05) is 6.07 Å². The quantitative estimate of drug-likeness (QED) is 0.793. The van der Waals surface area contributed by atoms with Crippen molar-refractivity contribution in [2.45, 2.75) is 0 Å². The molecule has 2 aromatic rings. The Balaban J connectivity index is 0.00000162. The number of halogens is 2. The van der Waals surface area contributed by atoms with Crippen molar-refractivity contribution in [3.63, 3.8) is 0 Å². The Morgan fingerprint density at radius 3 is 2.00 bits per heavy atom. The summed E-state index contributed by atoms with van der Waals surface area (Å²) in [6, 6.07) is 6.82. The number of aromatic carboxylic acids is 2. The molecule has 0 spiro atoms. The molecule has 102 valence electrons. The molecule has 0 unspecified atom stereocenters. The van der Waals surface area contributed by atoms with E-state index < -0.39 is 11.9 Å². The summed E-state index contributed by atoms with van der Waals surface area (Å²) in [6.45, 7) is 0. The van der Waals surface area contributed by atoms with Crippen LogP contribution in [0.25, 0.3) is 10.8 Å². The lowest BCUT2D eigenvalue weighted by molar-refractivity contribution is 0.0685. The number of carbonyl (C=O) groups is 2. The summed E-state index contributed by atoms with van der Waals surface area (Å²) >= 11 is 0. The predicted octanol–water partition coefficient (Wildman–Crippen LogP) is 2.79. The number of hydrogen-bond acceptors (Lipinski definition) is 3. The number of hydrogen-bond donors (Lipinski definition) is 3. The molecule has 0 heterocycles. The molecule has 3 N–H and O–H groups in total. The lowest BCUT2D eigenvalue weighted by Gasteiger charge is -2.04. The van der Waals surface area contributed by atoms with E-state index in [0.717, 1.165) is 0 Å². The smallest absolute Gasteiger partial charge is 0.339 e. The molecule has 0 radical (unpaired) electrons. The maximum atomic E-state index is 10.8. The first-order chi connectivity index (χ1) is 7.99. The highest BCUT2D eigenvalue weighted by Gasteiger charge is 2.12. The van der Waals surface area contributed by atoms with Crippen LogP contribution in [0.4, 0.5) is 0 Å². The molecule has 0 aliphatic carbocycles. The molecule has 5 nitrogen and oxygen atoms in total. The zero-order valence-electron chi connectivity index (χ0n) is 9.36. The number of rotatable bonds is 2. The van der Waals surface area contributed by atoms with Gasteiger partial charge >= 0.3 is 11.9 Å². The topological polar surface area (TPSA) is 94.8 Å². The third kappa shape index (κ3) is 3.27. The molecule has 0 amide bonds. The number of fused-ring (bicyclic) bond motifs is 1. The molecule has 2 rings (SSSR count). The van der Waals surface area contributed by atoms with Crippen molar-refractivity contribution in [3.8, 4) is 5.75 Å². The van der Waals surface area contributed by atoms with Gasteiger partial charge in [-0.15, -0.1) is 24.8 Å². The van der Waals surface area contributed by atoms with Crippen LogP contribution in [-0.4, -0.2) is 27.3 Å². The van der Waals surface area contributed by atoms with Crippen LogP contribution in [0.15, 0.2) is 30.3 Å². The Hall–Kier alpha value is -1.98. The molecule has 7 heteroatoms. The van der Waals surface area contributed by atoms with Gasteiger partial charge in [-0.3, -0.25) is 0 Å². The molecule has 0 aliphatic rings. The van der Waals surface area contributed by atoms with Crippen molar-refractivity contribution in [2.24, 2.45) is 0 Å². The van der Waals surface area contributed by atoms with E-state index in [1.54, 1.807) is 0 Å². The molecule has 19 heavy (non-hydrogen) atoms. The van der Waals surface area contributed by atoms with Crippen molar-refractivity contribution in [3.05, 3.63) is 41.5 Å². The van der Waals surface area contributed by atoms with Gasteiger partial charge in [-0.25, -0.2) is 9.59 Å². The van der Waals surface area contributed by atoms with Crippen molar-refractivity contribution in [1.82, 2.24) is 0 Å². The fraction of sp³-hybridized carbons (Fsp3) is 0. The van der Waals surface area contributed by atoms with Gasteiger partial charge in [-0.2, -0.15) is 0 Å². The van der Waals surface area contributed by atoms with E-state index in [2.05, 4.69) is 0 Å². The Bertz CT molecular complexity index is 639. The van der Waals surface area contributed by atoms with Crippen LogP contribution in [-0.2, 0) is 0 Å². The van der Waals surface area contributed by atoms with Gasteiger partial charge < -0.3 is 15.3 Å². The van der Waals surface area contributed by atoms with Crippen molar-refractivity contribution in [2.75, 3.05) is 0 Å². The van der Waals surface area contributed by atoms with Gasteiger partial charge in [0, 0.05) is 0 Å². The highest BCUT2D eigenvalue weighted by molar-refractivity contribution is 6.00. The molecular formula is C12H10Cl2O5. The Morgan fingerprint density at radius 1 is 0.842 bits per heavy atom. The average molecular weight is 305 g/mol. The molecule has 0 bridgehead atoms. The number of benzene rings is 2. The normalized spacial score (nSPS) is 9.26. The lowest BCUT2D eigenvalue weighted by atomic mass is 10.0. The van der Waals surface area contributed by atoms with Crippen molar-refractivity contribution in [1.29, 1.82) is 0 Å². The van der Waals surface area contributed by atoms with Gasteiger partial charge in [0.2, 0.25) is 0 Å². The van der Waals surface area contributed by atoms with E-state index in [-0.39, 0.29) is 41.7 Å². The Labute approximate surface area is 120 Å². The summed E-state index contributed by atoms with van der Waals surface area (Å²) < 4.78 is 0. The van der Waals surface area contributed by atoms with Crippen LogP contribution in [0.3, 0.4) is 0 Å². The Kier molecular flexibility index (Phi) is 5.61. The van der Waals surface area contributed by atoms with Crippen molar-refractivity contribution < 1.29 is 24.9 Å². The molecule has 0 aliphatic heterocycles. The van der Waals surface area contributed by atoms with Crippen molar-refractivity contribution >= 4 is 47.5 Å². The monoisotopic (exact) mass is 304 g/mol. The van der Waals surface area contributed by atoms with Crippen LogP contribution >= 0.6 is 24.8 Å². The third-order valence-corrected chi connectivity index (χ3v) is 2.43. The average Bonchev–Trinajstić information content (AvgIpc) is 2.27. The van der Waals surface area contributed by atoms with Gasteiger partial charge in [-0.05, 0) is 35.0 Å². The van der Waals surface area contributed by atoms with Crippen LogP contribution in [0, 0.1) is 0 Å². The summed E-state index contributed by atoms with van der Waals surface area (Å²) in [5.41, 5.74) is -0.181. The van der Waals surface area contributed by atoms with Gasteiger partial charge in [0.05, 0.1) is 5.56 Å². The third-order valence-electron chi connectivity index (χ3n) is 2.43. The fourth-order valence-electron chi connectivity index (χ4n) is 1.59. The molecule has 0 atom stereocenters. The second kappa shape index (κ2) is 6.26. The number of aromatic hydroxyl groups is 1. The maximum absolute atomic E-state index is 10.8. The second-order valence-corrected chi connectivity index (χ2v) is 3.54. The first-order valence-corrected chi connectivity index (χ1v) is 4.72. The zero-order chi connectivity index (χ0) is 12.6. The molecule has 2 aromatic carbocycles. The highest BCUT2D eigenvalue weighted by Crippen LogP contribution is 2.25. The van der Waals surface area contributed by atoms with Crippen LogP contribution in [0.2, 0.25) is 0 Å². The number of carboxylic acids is 2. The number of carboxylic acid groups (broad SMARTS) is 2. The molecular weight excluding hydrogens is 295 g/mol. The minimum Gasteiger partial charge on any atom is -0.507 e. The molecule has 0 saturated heterocycles. The highest BCUT2D eigenvalue weighted by atomic mass is 35.5. The number of phenols is 1. The van der Waals surface area contributed by atoms with Gasteiger partial charge in [0.15, 0.2) is 0 Å². The first kappa shape index (κ1) is 17.0. The van der Waals surface area contributed by atoms with E-state index >= 15 is 0 Å². The van der Waals surface area contributed by atoms with Crippen LogP contribution in [0.1, 0.15) is 20.7 Å².